The largest absolute Gasteiger partial charge is 0.385 e. The molecule has 1 aromatic carbocycles. The third-order valence-corrected chi connectivity index (χ3v) is 4.15. The molecule has 1 N–H and O–H groups in total. The Morgan fingerprint density at radius 3 is 2.68 bits per heavy atom. The lowest BCUT2D eigenvalue weighted by Gasteiger charge is -2.28. The van der Waals surface area contributed by atoms with Crippen molar-refractivity contribution in [3.8, 4) is 0 Å². The molecule has 0 aliphatic carbocycles. The van der Waals surface area contributed by atoms with Gasteiger partial charge < -0.3 is 9.84 Å². The van der Waals surface area contributed by atoms with Crippen LogP contribution in [0.15, 0.2) is 30.3 Å². The van der Waals surface area contributed by atoms with Crippen LogP contribution in [0.1, 0.15) is 44.1 Å². The van der Waals surface area contributed by atoms with Crippen molar-refractivity contribution >= 4 is 11.6 Å². The van der Waals surface area contributed by atoms with E-state index in [0.29, 0.717) is 18.4 Å². The second-order valence-electron chi connectivity index (χ2n) is 5.36. The van der Waals surface area contributed by atoms with Crippen molar-refractivity contribution in [1.29, 1.82) is 0 Å². The summed E-state index contributed by atoms with van der Waals surface area (Å²) in [4.78, 5) is 0. The monoisotopic (exact) mass is 282 g/mol. The number of benzene rings is 1. The molecule has 0 saturated carbocycles. The summed E-state index contributed by atoms with van der Waals surface area (Å²) in [6.45, 7) is 0.898. The van der Waals surface area contributed by atoms with Crippen LogP contribution < -0.4 is 0 Å². The molecule has 2 nitrogen and oxygen atoms in total. The van der Waals surface area contributed by atoms with Gasteiger partial charge in [0.05, 0.1) is 11.7 Å². The maximum absolute atomic E-state index is 10.8. The average Bonchev–Trinajstić information content (AvgIpc) is 2.93. The molecule has 3 heteroatoms. The Hall–Kier alpha value is -0.570. The van der Waals surface area contributed by atoms with Crippen LogP contribution in [0.2, 0.25) is 0 Å². The van der Waals surface area contributed by atoms with Gasteiger partial charge in [0.2, 0.25) is 0 Å². The molecule has 0 bridgehead atoms. The van der Waals surface area contributed by atoms with Crippen LogP contribution in [0.25, 0.3) is 0 Å². The van der Waals surface area contributed by atoms with Gasteiger partial charge in [0.1, 0.15) is 0 Å². The zero-order chi connectivity index (χ0) is 13.6. The number of ether oxygens (including phenoxy) is 1. The van der Waals surface area contributed by atoms with E-state index in [0.717, 1.165) is 31.4 Å². The average molecular weight is 283 g/mol. The van der Waals surface area contributed by atoms with Crippen LogP contribution >= 0.6 is 11.6 Å². The van der Waals surface area contributed by atoms with Gasteiger partial charge in [-0.3, -0.25) is 0 Å². The lowest BCUT2D eigenvalue weighted by molar-refractivity contribution is 0.0163. The van der Waals surface area contributed by atoms with E-state index < -0.39 is 5.60 Å². The molecule has 1 fully saturated rings. The number of hydrogen-bond acceptors (Lipinski definition) is 2. The third-order valence-electron chi connectivity index (χ3n) is 3.96. The smallest absolute Gasteiger partial charge is 0.0907 e. The third kappa shape index (κ3) is 4.20. The van der Waals surface area contributed by atoms with Gasteiger partial charge in [-0.15, -0.1) is 11.6 Å². The number of alkyl halides is 1. The van der Waals surface area contributed by atoms with E-state index in [1.807, 2.05) is 30.3 Å². The lowest BCUT2D eigenvalue weighted by Crippen LogP contribution is -2.26. The van der Waals surface area contributed by atoms with Crippen molar-refractivity contribution < 1.29 is 9.84 Å². The van der Waals surface area contributed by atoms with Crippen molar-refractivity contribution in [2.75, 3.05) is 12.5 Å². The van der Waals surface area contributed by atoms with Gasteiger partial charge in [-0.1, -0.05) is 30.3 Å². The normalized spacial score (nSPS) is 22.3. The molecule has 1 aromatic rings. The van der Waals surface area contributed by atoms with Crippen LogP contribution in [0.5, 0.6) is 0 Å². The predicted molar refractivity (Wildman–Crippen MR) is 78.5 cm³/mol. The fourth-order valence-electron chi connectivity index (χ4n) is 2.81. The van der Waals surface area contributed by atoms with Crippen LogP contribution in [0.4, 0.5) is 0 Å². The van der Waals surface area contributed by atoms with Crippen molar-refractivity contribution in [1.82, 2.24) is 0 Å². The van der Waals surface area contributed by atoms with Gasteiger partial charge in [0, 0.05) is 12.5 Å². The van der Waals surface area contributed by atoms with Crippen molar-refractivity contribution in [2.45, 2.75) is 50.2 Å². The van der Waals surface area contributed by atoms with Crippen LogP contribution in [0.3, 0.4) is 0 Å². The summed E-state index contributed by atoms with van der Waals surface area (Å²) in [6, 6.07) is 9.87. The summed E-state index contributed by atoms with van der Waals surface area (Å²) in [5.41, 5.74) is 0.185. The molecule has 2 atom stereocenters. The van der Waals surface area contributed by atoms with Gasteiger partial charge in [0.15, 0.2) is 0 Å². The molecule has 0 spiro atoms. The van der Waals surface area contributed by atoms with Crippen molar-refractivity contribution in [3.63, 3.8) is 0 Å². The van der Waals surface area contributed by atoms with E-state index in [1.165, 1.54) is 12.8 Å². The molecule has 2 unspecified atom stereocenters. The van der Waals surface area contributed by atoms with E-state index in [-0.39, 0.29) is 0 Å². The quantitative estimate of drug-likeness (QED) is 0.770. The Morgan fingerprint density at radius 2 is 2.05 bits per heavy atom. The molecule has 106 valence electrons. The lowest BCUT2D eigenvalue weighted by atomic mass is 9.86. The molecule has 19 heavy (non-hydrogen) atoms. The van der Waals surface area contributed by atoms with Crippen molar-refractivity contribution in [2.24, 2.45) is 0 Å². The fraction of sp³-hybridized carbons (Fsp3) is 0.625. The number of halogens is 1. The molecular weight excluding hydrogens is 260 g/mol. The first-order valence-electron chi connectivity index (χ1n) is 7.20. The summed E-state index contributed by atoms with van der Waals surface area (Å²) in [7, 11) is 0. The molecular formula is C16H23ClO2. The molecule has 1 heterocycles. The van der Waals surface area contributed by atoms with Crippen LogP contribution in [0, 0.1) is 0 Å². The molecule has 0 amide bonds. The molecule has 1 aliphatic heterocycles. The highest BCUT2D eigenvalue weighted by atomic mass is 35.5. The maximum Gasteiger partial charge on any atom is 0.0907 e. The highest BCUT2D eigenvalue weighted by Gasteiger charge is 2.28. The highest BCUT2D eigenvalue weighted by Crippen LogP contribution is 2.32. The Morgan fingerprint density at radius 1 is 1.26 bits per heavy atom. The first-order valence-corrected chi connectivity index (χ1v) is 7.73. The fourth-order valence-corrected chi connectivity index (χ4v) is 3.13. The predicted octanol–water partition coefficient (Wildman–Crippen LogP) is 3.85. The summed E-state index contributed by atoms with van der Waals surface area (Å²) >= 11 is 5.86. The summed E-state index contributed by atoms with van der Waals surface area (Å²) in [5.74, 6) is 0.478. The minimum absolute atomic E-state index is 0.399. The number of hydrogen-bond donors (Lipinski definition) is 1. The summed E-state index contributed by atoms with van der Waals surface area (Å²) in [5, 5.41) is 10.8. The van der Waals surface area contributed by atoms with E-state index in [1.54, 1.807) is 0 Å². The number of aliphatic hydroxyl groups is 1. The Balaban J connectivity index is 1.91. The van der Waals surface area contributed by atoms with Gasteiger partial charge in [-0.05, 0) is 44.1 Å². The standard InChI is InChI=1S/C16H23ClO2/c17-12-11-16(18,14-6-2-1-3-7-14)10-4-8-15-9-5-13-19-15/h1-3,6-7,15,18H,4-5,8-13H2. The van der Waals surface area contributed by atoms with E-state index in [2.05, 4.69) is 0 Å². The maximum atomic E-state index is 10.8. The number of rotatable bonds is 7. The first kappa shape index (κ1) is 14.8. The van der Waals surface area contributed by atoms with Crippen LogP contribution in [-0.2, 0) is 10.3 Å². The second kappa shape index (κ2) is 7.28. The molecule has 2 rings (SSSR count). The topological polar surface area (TPSA) is 29.5 Å². The van der Waals surface area contributed by atoms with Crippen LogP contribution in [-0.4, -0.2) is 23.7 Å². The SMILES string of the molecule is OC(CCCl)(CCCC1CCCO1)c1ccccc1. The van der Waals surface area contributed by atoms with Gasteiger partial charge in [-0.2, -0.15) is 0 Å². The molecule has 0 radical (unpaired) electrons. The molecule has 1 saturated heterocycles. The Kier molecular flexibility index (Phi) is 5.68. The summed E-state index contributed by atoms with van der Waals surface area (Å²) in [6.07, 6.45) is 6.11. The van der Waals surface area contributed by atoms with E-state index in [9.17, 15) is 5.11 Å². The molecule has 0 aromatic heterocycles. The second-order valence-corrected chi connectivity index (χ2v) is 5.74. The zero-order valence-corrected chi connectivity index (χ0v) is 12.1. The summed E-state index contributed by atoms with van der Waals surface area (Å²) < 4.78 is 5.63. The van der Waals surface area contributed by atoms with E-state index >= 15 is 0 Å². The van der Waals surface area contributed by atoms with Gasteiger partial charge in [0.25, 0.3) is 0 Å². The highest BCUT2D eigenvalue weighted by molar-refractivity contribution is 6.17. The zero-order valence-electron chi connectivity index (χ0n) is 11.4. The Bertz CT molecular complexity index is 362. The minimum atomic E-state index is -0.790. The van der Waals surface area contributed by atoms with Gasteiger partial charge in [-0.25, -0.2) is 0 Å². The Labute approximate surface area is 120 Å². The van der Waals surface area contributed by atoms with Crippen molar-refractivity contribution in [3.05, 3.63) is 35.9 Å². The molecule has 1 aliphatic rings. The minimum Gasteiger partial charge on any atom is -0.385 e. The van der Waals surface area contributed by atoms with Gasteiger partial charge >= 0.3 is 0 Å². The van der Waals surface area contributed by atoms with E-state index in [4.69, 9.17) is 16.3 Å². The first-order chi connectivity index (χ1) is 9.24.